The second-order valence-corrected chi connectivity index (χ2v) is 7.58. The molecule has 0 aromatic heterocycles. The number of carbonyl (C=O) groups is 2. The van der Waals surface area contributed by atoms with Crippen molar-refractivity contribution in [3.8, 4) is 0 Å². The molecule has 124 valence electrons. The second-order valence-electron chi connectivity index (χ2n) is 4.89. The molecule has 0 fully saturated rings. The van der Waals surface area contributed by atoms with Crippen molar-refractivity contribution in [2.75, 3.05) is 26.2 Å². The van der Waals surface area contributed by atoms with Gasteiger partial charge in [-0.2, -0.15) is 0 Å². The lowest BCUT2D eigenvalue weighted by atomic mass is 10.1. The predicted octanol–water partition coefficient (Wildman–Crippen LogP) is 3.17. The molecule has 0 saturated heterocycles. The molecule has 1 aromatic carbocycles. The van der Waals surface area contributed by atoms with Crippen molar-refractivity contribution in [1.82, 2.24) is 0 Å². The topological polar surface area (TPSA) is 55.8 Å². The molecule has 0 N–H and O–H groups in total. The zero-order valence-electron chi connectivity index (χ0n) is 13.1. The minimum absolute atomic E-state index is 0.228. The van der Waals surface area contributed by atoms with Crippen molar-refractivity contribution < 1.29 is 19.1 Å². The number of esters is 2. The summed E-state index contributed by atoms with van der Waals surface area (Å²) in [6, 6.07) is 7.83. The van der Waals surface area contributed by atoms with Crippen LogP contribution in [0.15, 0.2) is 38.3 Å². The maximum absolute atomic E-state index is 12.0. The van der Waals surface area contributed by atoms with E-state index in [4.69, 9.17) is 21.7 Å². The molecule has 1 aromatic rings. The largest absolute Gasteiger partial charge is 0.465 e. The second kappa shape index (κ2) is 6.62. The number of hydrogen-bond donors (Lipinski definition) is 0. The van der Waals surface area contributed by atoms with Gasteiger partial charge >= 0.3 is 11.9 Å². The van der Waals surface area contributed by atoms with Crippen LogP contribution in [0.4, 0.5) is 5.69 Å². The van der Waals surface area contributed by atoms with Crippen molar-refractivity contribution >= 4 is 63.9 Å². The van der Waals surface area contributed by atoms with Crippen LogP contribution in [0.25, 0.3) is 5.57 Å². The Balaban J connectivity index is 2.10. The van der Waals surface area contributed by atoms with Crippen molar-refractivity contribution in [3.05, 3.63) is 43.9 Å². The Morgan fingerprint density at radius 2 is 1.58 bits per heavy atom. The van der Waals surface area contributed by atoms with Gasteiger partial charge in [0.25, 0.3) is 0 Å². The van der Waals surface area contributed by atoms with Crippen molar-refractivity contribution in [2.45, 2.75) is 0 Å². The van der Waals surface area contributed by atoms with Crippen LogP contribution < -0.4 is 4.90 Å². The highest BCUT2D eigenvalue weighted by molar-refractivity contribution is 8.29. The maximum atomic E-state index is 12.0. The molecule has 2 aliphatic rings. The van der Waals surface area contributed by atoms with Gasteiger partial charge in [0.15, 0.2) is 0 Å². The minimum Gasteiger partial charge on any atom is -0.465 e. The summed E-state index contributed by atoms with van der Waals surface area (Å²) in [6.45, 7) is 0. The number of methoxy groups -OCH3 is 2. The molecule has 0 amide bonds. The molecule has 5 nitrogen and oxygen atoms in total. The number of rotatable bonds is 2. The van der Waals surface area contributed by atoms with E-state index in [1.807, 2.05) is 36.2 Å². The summed E-state index contributed by atoms with van der Waals surface area (Å²) in [4.78, 5) is 27.0. The fourth-order valence-electron chi connectivity index (χ4n) is 2.42. The van der Waals surface area contributed by atoms with Gasteiger partial charge in [-0.3, -0.25) is 0 Å². The van der Waals surface area contributed by atoms with Crippen LogP contribution in [0.1, 0.15) is 5.56 Å². The molecule has 0 radical (unpaired) electrons. The molecule has 3 rings (SSSR count). The van der Waals surface area contributed by atoms with E-state index >= 15 is 0 Å². The number of carbonyl (C=O) groups excluding carboxylic acids is 2. The lowest BCUT2D eigenvalue weighted by Crippen LogP contribution is -2.18. The summed E-state index contributed by atoms with van der Waals surface area (Å²) in [6.07, 6.45) is 0. The Hall–Kier alpha value is -1.77. The van der Waals surface area contributed by atoms with Crippen LogP contribution in [0.3, 0.4) is 0 Å². The zero-order valence-corrected chi connectivity index (χ0v) is 15.6. The smallest absolute Gasteiger partial charge is 0.346 e. The van der Waals surface area contributed by atoms with Crippen LogP contribution in [0.5, 0.6) is 0 Å². The monoisotopic (exact) mass is 379 g/mol. The minimum atomic E-state index is -0.561. The van der Waals surface area contributed by atoms with E-state index in [0.717, 1.165) is 21.1 Å². The van der Waals surface area contributed by atoms with Crippen LogP contribution in [-0.4, -0.2) is 38.2 Å². The van der Waals surface area contributed by atoms with Gasteiger partial charge in [-0.25, -0.2) is 9.59 Å². The van der Waals surface area contributed by atoms with Gasteiger partial charge in [0.05, 0.1) is 18.5 Å². The van der Waals surface area contributed by atoms with Gasteiger partial charge in [0, 0.05) is 23.9 Å². The third-order valence-electron chi connectivity index (χ3n) is 3.59. The Labute approximate surface area is 153 Å². The van der Waals surface area contributed by atoms with Gasteiger partial charge < -0.3 is 14.4 Å². The number of nitrogens with zero attached hydrogens (tertiary/aromatic N) is 1. The SMILES string of the molecule is COC(=O)C1=C(C(=O)OC)SC(=C2C(=S)N(C)c3ccccc32)S1. The summed E-state index contributed by atoms with van der Waals surface area (Å²) < 4.78 is 10.3. The maximum Gasteiger partial charge on any atom is 0.346 e. The first-order valence-electron chi connectivity index (χ1n) is 6.88. The van der Waals surface area contributed by atoms with E-state index in [1.165, 1.54) is 37.7 Å². The Morgan fingerprint density at radius 1 is 1.04 bits per heavy atom. The lowest BCUT2D eigenvalue weighted by Gasteiger charge is -2.11. The Bertz CT molecular complexity index is 798. The first-order chi connectivity index (χ1) is 11.5. The third-order valence-corrected chi connectivity index (χ3v) is 6.63. The van der Waals surface area contributed by atoms with Crippen molar-refractivity contribution in [3.63, 3.8) is 0 Å². The number of fused-ring (bicyclic) bond motifs is 1. The fourth-order valence-corrected chi connectivity index (χ4v) is 5.45. The standard InChI is InChI=1S/C16H13NO4S3/c1-17-9-7-5-4-6-8(9)10(13(17)22)16-23-11(14(18)20-2)12(24-16)15(19)21-3/h4-7H,1-3H3. The lowest BCUT2D eigenvalue weighted by molar-refractivity contribution is -0.138. The van der Waals surface area contributed by atoms with Crippen LogP contribution >= 0.6 is 35.7 Å². The first-order valence-corrected chi connectivity index (χ1v) is 8.92. The molecule has 8 heteroatoms. The molecule has 2 heterocycles. The normalized spacial score (nSPS) is 16.6. The average Bonchev–Trinajstić information content (AvgIpc) is 3.14. The number of anilines is 1. The Kier molecular flexibility index (Phi) is 4.71. The van der Waals surface area contributed by atoms with Crippen LogP contribution in [0, 0.1) is 0 Å². The molecule has 0 aliphatic carbocycles. The summed E-state index contributed by atoms with van der Waals surface area (Å²) in [7, 11) is 4.46. The molecule has 0 unspecified atom stereocenters. The van der Waals surface area contributed by atoms with Crippen LogP contribution in [-0.2, 0) is 19.1 Å². The number of likely N-dealkylation sites (N-methyl/N-ethyl adjacent to an activating group) is 1. The van der Waals surface area contributed by atoms with Gasteiger partial charge in [-0.15, -0.1) is 0 Å². The number of hydrogen-bond acceptors (Lipinski definition) is 7. The summed E-state index contributed by atoms with van der Waals surface area (Å²) in [5, 5.41) is 0. The summed E-state index contributed by atoms with van der Waals surface area (Å²) >= 11 is 7.95. The van der Waals surface area contributed by atoms with E-state index in [1.54, 1.807) is 0 Å². The fraction of sp³-hybridized carbons (Fsp3) is 0.188. The highest BCUT2D eigenvalue weighted by Gasteiger charge is 2.37. The predicted molar refractivity (Wildman–Crippen MR) is 101 cm³/mol. The number of para-hydroxylation sites is 1. The molecule has 2 aliphatic heterocycles. The molecule has 0 spiro atoms. The third kappa shape index (κ3) is 2.64. The van der Waals surface area contributed by atoms with Crippen molar-refractivity contribution in [1.29, 1.82) is 0 Å². The number of thiocarbonyl (C=S) groups is 1. The van der Waals surface area contributed by atoms with E-state index in [2.05, 4.69) is 0 Å². The average molecular weight is 379 g/mol. The van der Waals surface area contributed by atoms with Gasteiger partial charge in [0.1, 0.15) is 14.8 Å². The van der Waals surface area contributed by atoms with Crippen LogP contribution in [0.2, 0.25) is 0 Å². The number of ether oxygens (including phenoxy) is 2. The van der Waals surface area contributed by atoms with E-state index < -0.39 is 11.9 Å². The quantitative estimate of drug-likeness (QED) is 0.441. The van der Waals surface area contributed by atoms with Gasteiger partial charge in [0.2, 0.25) is 0 Å². The van der Waals surface area contributed by atoms with E-state index in [0.29, 0.717) is 4.99 Å². The van der Waals surface area contributed by atoms with Gasteiger partial charge in [-0.05, 0) is 6.07 Å². The highest BCUT2D eigenvalue weighted by atomic mass is 32.2. The summed E-state index contributed by atoms with van der Waals surface area (Å²) in [5.41, 5.74) is 2.83. The highest BCUT2D eigenvalue weighted by Crippen LogP contribution is 2.55. The number of thioether (sulfide) groups is 2. The molecule has 0 saturated carbocycles. The number of benzene rings is 1. The molecular formula is C16H13NO4S3. The van der Waals surface area contributed by atoms with Gasteiger partial charge in [-0.1, -0.05) is 53.9 Å². The first kappa shape index (κ1) is 17.1. The molecular weight excluding hydrogens is 366 g/mol. The molecule has 24 heavy (non-hydrogen) atoms. The zero-order chi connectivity index (χ0) is 17.4. The summed E-state index contributed by atoms with van der Waals surface area (Å²) in [5.74, 6) is -1.12. The molecule has 0 atom stereocenters. The van der Waals surface area contributed by atoms with E-state index in [9.17, 15) is 9.59 Å². The Morgan fingerprint density at radius 3 is 2.12 bits per heavy atom. The molecule has 0 bridgehead atoms. The van der Waals surface area contributed by atoms with E-state index in [-0.39, 0.29) is 9.81 Å². The van der Waals surface area contributed by atoms with Crippen molar-refractivity contribution in [2.24, 2.45) is 0 Å².